The van der Waals surface area contributed by atoms with E-state index in [9.17, 15) is 0 Å². The van der Waals surface area contributed by atoms with E-state index in [2.05, 4.69) is 41.2 Å². The highest BCUT2D eigenvalue weighted by atomic mass is 14.8. The van der Waals surface area contributed by atoms with Crippen LogP contribution in [0.4, 0.5) is 0 Å². The topological polar surface area (TPSA) is 24.9 Å². The summed E-state index contributed by atoms with van der Waals surface area (Å²) in [5.41, 5.74) is 2.05. The Morgan fingerprint density at radius 2 is 2.25 bits per heavy atom. The molecule has 0 bridgehead atoms. The van der Waals surface area contributed by atoms with E-state index in [1.165, 1.54) is 0 Å². The molecule has 0 radical (unpaired) electrons. The van der Waals surface area contributed by atoms with E-state index in [4.69, 9.17) is 0 Å². The van der Waals surface area contributed by atoms with Crippen molar-refractivity contribution in [1.29, 1.82) is 0 Å². The van der Waals surface area contributed by atoms with Crippen molar-refractivity contribution in [3.63, 3.8) is 0 Å². The first-order valence-corrected chi connectivity index (χ1v) is 5.44. The summed E-state index contributed by atoms with van der Waals surface area (Å²) in [7, 11) is 0. The third kappa shape index (κ3) is 2.59. The van der Waals surface area contributed by atoms with Gasteiger partial charge in [-0.25, -0.2) is 0 Å². The van der Waals surface area contributed by atoms with Gasteiger partial charge in [0.25, 0.3) is 0 Å². The number of hydrogen-bond acceptors (Lipinski definition) is 2. The molecule has 0 fully saturated rings. The van der Waals surface area contributed by atoms with Crippen LogP contribution in [-0.4, -0.2) is 18.1 Å². The van der Waals surface area contributed by atoms with Gasteiger partial charge in [-0.2, -0.15) is 0 Å². The highest BCUT2D eigenvalue weighted by molar-refractivity contribution is 5.79. The standard InChI is InChI=1S/C14H14N2/c1-2-15-9-3-5-12-7-8-14-13(11-12)6-4-10-16-14/h4,6-8,10-11,15H,2,9H2,1H3. The predicted octanol–water partition coefficient (Wildman–Crippen LogP) is 2.20. The van der Waals surface area contributed by atoms with E-state index >= 15 is 0 Å². The van der Waals surface area contributed by atoms with Gasteiger partial charge in [-0.05, 0) is 30.8 Å². The molecule has 0 saturated carbocycles. The van der Waals surface area contributed by atoms with Gasteiger partial charge in [0.2, 0.25) is 0 Å². The molecule has 0 aliphatic rings. The van der Waals surface area contributed by atoms with Crippen LogP contribution in [0.15, 0.2) is 36.5 Å². The second-order valence-electron chi connectivity index (χ2n) is 3.49. The summed E-state index contributed by atoms with van der Waals surface area (Å²) in [6.07, 6.45) is 1.80. The van der Waals surface area contributed by atoms with Gasteiger partial charge in [-0.15, -0.1) is 0 Å². The van der Waals surface area contributed by atoms with Crippen molar-refractivity contribution < 1.29 is 0 Å². The molecule has 1 aromatic heterocycles. The average Bonchev–Trinajstić information content (AvgIpc) is 2.34. The lowest BCUT2D eigenvalue weighted by Gasteiger charge is -1.96. The number of pyridine rings is 1. The molecular formula is C14H14N2. The molecule has 0 atom stereocenters. The van der Waals surface area contributed by atoms with Crippen molar-refractivity contribution in [2.24, 2.45) is 0 Å². The van der Waals surface area contributed by atoms with Crippen molar-refractivity contribution in [3.8, 4) is 11.8 Å². The van der Waals surface area contributed by atoms with Crippen molar-refractivity contribution in [2.45, 2.75) is 6.92 Å². The fourth-order valence-electron chi connectivity index (χ4n) is 1.49. The van der Waals surface area contributed by atoms with Crippen LogP contribution in [0.5, 0.6) is 0 Å². The van der Waals surface area contributed by atoms with E-state index in [0.717, 1.165) is 29.6 Å². The van der Waals surface area contributed by atoms with E-state index in [1.54, 1.807) is 6.20 Å². The minimum atomic E-state index is 0.738. The zero-order chi connectivity index (χ0) is 11.2. The average molecular weight is 210 g/mol. The maximum Gasteiger partial charge on any atom is 0.0702 e. The van der Waals surface area contributed by atoms with Gasteiger partial charge in [0.15, 0.2) is 0 Å². The molecule has 16 heavy (non-hydrogen) atoms. The Morgan fingerprint density at radius 1 is 1.31 bits per heavy atom. The lowest BCUT2D eigenvalue weighted by molar-refractivity contribution is 0.811. The third-order valence-corrected chi connectivity index (χ3v) is 2.30. The van der Waals surface area contributed by atoms with Crippen LogP contribution in [0.1, 0.15) is 12.5 Å². The molecule has 80 valence electrons. The van der Waals surface area contributed by atoms with Crippen molar-refractivity contribution in [3.05, 3.63) is 42.1 Å². The Kier molecular flexibility index (Phi) is 3.53. The molecule has 2 heteroatoms. The maximum atomic E-state index is 4.27. The molecule has 2 nitrogen and oxygen atoms in total. The largest absolute Gasteiger partial charge is 0.306 e. The van der Waals surface area contributed by atoms with Gasteiger partial charge in [0.1, 0.15) is 0 Å². The lowest BCUT2D eigenvalue weighted by atomic mass is 10.1. The highest BCUT2D eigenvalue weighted by Gasteiger charge is 1.93. The zero-order valence-corrected chi connectivity index (χ0v) is 9.33. The molecule has 2 aromatic rings. The summed E-state index contributed by atoms with van der Waals surface area (Å²) in [5.74, 6) is 6.22. The molecule has 0 aliphatic carbocycles. The first-order valence-electron chi connectivity index (χ1n) is 5.44. The van der Waals surface area contributed by atoms with Crippen molar-refractivity contribution >= 4 is 10.9 Å². The van der Waals surface area contributed by atoms with Crippen LogP contribution in [0, 0.1) is 11.8 Å². The molecule has 1 aromatic carbocycles. The number of rotatable bonds is 2. The molecule has 0 aliphatic heterocycles. The molecule has 0 spiro atoms. The fourth-order valence-corrected chi connectivity index (χ4v) is 1.49. The zero-order valence-electron chi connectivity index (χ0n) is 9.33. The van der Waals surface area contributed by atoms with Crippen molar-refractivity contribution in [1.82, 2.24) is 10.3 Å². The van der Waals surface area contributed by atoms with E-state index in [0.29, 0.717) is 0 Å². The normalized spacial score (nSPS) is 9.81. The summed E-state index contributed by atoms with van der Waals surface area (Å²) in [6, 6.07) is 10.1. The third-order valence-electron chi connectivity index (χ3n) is 2.30. The Hall–Kier alpha value is -1.85. The van der Waals surface area contributed by atoms with Gasteiger partial charge in [0.05, 0.1) is 12.1 Å². The first-order chi connectivity index (χ1) is 7.90. The molecule has 0 amide bonds. The van der Waals surface area contributed by atoms with E-state index in [-0.39, 0.29) is 0 Å². The molecule has 2 rings (SSSR count). The summed E-state index contributed by atoms with van der Waals surface area (Å²) in [6.45, 7) is 3.77. The molecule has 0 unspecified atom stereocenters. The van der Waals surface area contributed by atoms with Crippen LogP contribution in [0.2, 0.25) is 0 Å². The maximum absolute atomic E-state index is 4.27. The minimum absolute atomic E-state index is 0.738. The SMILES string of the molecule is CCNCC#Cc1ccc2ncccc2c1. The predicted molar refractivity (Wildman–Crippen MR) is 67.2 cm³/mol. The quantitative estimate of drug-likeness (QED) is 0.607. The summed E-state index contributed by atoms with van der Waals surface area (Å²) in [4.78, 5) is 4.27. The van der Waals surface area contributed by atoms with Crippen LogP contribution in [0.25, 0.3) is 10.9 Å². The number of nitrogens with one attached hydrogen (secondary N) is 1. The van der Waals surface area contributed by atoms with Gasteiger partial charge in [-0.1, -0.05) is 24.8 Å². The smallest absolute Gasteiger partial charge is 0.0702 e. The Bertz CT molecular complexity index is 535. The van der Waals surface area contributed by atoms with Gasteiger partial charge >= 0.3 is 0 Å². The Balaban J connectivity index is 2.21. The lowest BCUT2D eigenvalue weighted by Crippen LogP contribution is -2.11. The van der Waals surface area contributed by atoms with Gasteiger partial charge < -0.3 is 5.32 Å². The van der Waals surface area contributed by atoms with Gasteiger partial charge in [-0.3, -0.25) is 4.98 Å². The number of benzene rings is 1. The van der Waals surface area contributed by atoms with Crippen LogP contribution in [0.3, 0.4) is 0 Å². The van der Waals surface area contributed by atoms with Crippen LogP contribution >= 0.6 is 0 Å². The van der Waals surface area contributed by atoms with Gasteiger partial charge in [0, 0.05) is 17.1 Å². The number of nitrogens with zero attached hydrogens (tertiary/aromatic N) is 1. The summed E-state index contributed by atoms with van der Waals surface area (Å²) in [5, 5.41) is 4.31. The molecular weight excluding hydrogens is 196 g/mol. The monoisotopic (exact) mass is 210 g/mol. The molecule has 1 N–H and O–H groups in total. The summed E-state index contributed by atoms with van der Waals surface area (Å²) >= 11 is 0. The Labute approximate surface area is 95.7 Å². The number of aromatic nitrogens is 1. The Morgan fingerprint density at radius 3 is 3.12 bits per heavy atom. The fraction of sp³-hybridized carbons (Fsp3) is 0.214. The minimum Gasteiger partial charge on any atom is -0.306 e. The summed E-state index contributed by atoms with van der Waals surface area (Å²) < 4.78 is 0. The molecule has 0 saturated heterocycles. The number of hydrogen-bond donors (Lipinski definition) is 1. The highest BCUT2D eigenvalue weighted by Crippen LogP contribution is 2.12. The van der Waals surface area contributed by atoms with Crippen LogP contribution < -0.4 is 5.32 Å². The van der Waals surface area contributed by atoms with E-state index < -0.39 is 0 Å². The number of fused-ring (bicyclic) bond motifs is 1. The van der Waals surface area contributed by atoms with Crippen molar-refractivity contribution in [2.75, 3.05) is 13.1 Å². The van der Waals surface area contributed by atoms with Crippen LogP contribution in [-0.2, 0) is 0 Å². The van der Waals surface area contributed by atoms with E-state index in [1.807, 2.05) is 18.2 Å². The second-order valence-corrected chi connectivity index (χ2v) is 3.49. The first kappa shape index (κ1) is 10.7. The molecule has 1 heterocycles. The second kappa shape index (κ2) is 5.29.